The highest BCUT2D eigenvalue weighted by Crippen LogP contribution is 2.31. The molecule has 0 aliphatic carbocycles. The fourth-order valence-electron chi connectivity index (χ4n) is 2.01. The number of carboxylic acids is 1. The van der Waals surface area contributed by atoms with Crippen LogP contribution in [0.4, 0.5) is 13.2 Å². The Labute approximate surface area is 118 Å². The number of carbonyl (C=O) groups is 1. The van der Waals surface area contributed by atoms with E-state index in [1.807, 2.05) is 0 Å². The molecule has 5 nitrogen and oxygen atoms in total. The molecule has 1 N–H and O–H groups in total. The lowest BCUT2D eigenvalue weighted by Crippen LogP contribution is -2.17. The van der Waals surface area contributed by atoms with Crippen molar-refractivity contribution in [2.45, 2.75) is 19.6 Å². The van der Waals surface area contributed by atoms with Gasteiger partial charge >= 0.3 is 12.1 Å². The number of imidazole rings is 1. The monoisotopic (exact) mass is 302 g/mol. The fourth-order valence-corrected chi connectivity index (χ4v) is 2.01. The minimum absolute atomic E-state index is 0.00118. The lowest BCUT2D eigenvalue weighted by Gasteiger charge is -2.11. The fraction of sp³-hybridized carbons (Fsp3) is 0.385. The summed E-state index contributed by atoms with van der Waals surface area (Å²) in [6.45, 7) is 2.25. The number of carboxylic acid groups (broad SMARTS) is 1. The Morgan fingerprint density at radius 1 is 1.43 bits per heavy atom. The third-order valence-corrected chi connectivity index (χ3v) is 2.91. The zero-order valence-corrected chi connectivity index (χ0v) is 11.1. The molecule has 0 aliphatic rings. The molecular formula is C13H13F3N2O3. The van der Waals surface area contributed by atoms with Gasteiger partial charge in [-0.1, -0.05) is 0 Å². The van der Waals surface area contributed by atoms with E-state index in [1.165, 1.54) is 12.1 Å². The Morgan fingerprint density at radius 2 is 2.14 bits per heavy atom. The van der Waals surface area contributed by atoms with Gasteiger partial charge in [0.1, 0.15) is 0 Å². The van der Waals surface area contributed by atoms with Gasteiger partial charge in [-0.25, -0.2) is 9.78 Å². The Hall–Kier alpha value is -2.09. The van der Waals surface area contributed by atoms with Crippen LogP contribution in [0.15, 0.2) is 18.2 Å². The summed E-state index contributed by atoms with van der Waals surface area (Å²) in [4.78, 5) is 14.4. The van der Waals surface area contributed by atoms with Crippen molar-refractivity contribution in [3.05, 3.63) is 29.6 Å². The molecule has 1 heterocycles. The number of fused-ring (bicyclic) bond motifs is 1. The number of aromatic carboxylic acids is 1. The standard InChI is InChI=1S/C13H13F3N2O3/c1-2-21-6-5-18-10-4-3-8(11(19)20)7-9(10)17-12(18)13(14,15)16/h3-4,7H,2,5-6H2,1H3,(H,19,20). The van der Waals surface area contributed by atoms with E-state index >= 15 is 0 Å². The molecule has 0 bridgehead atoms. The van der Waals surface area contributed by atoms with Crippen molar-refractivity contribution < 1.29 is 27.8 Å². The lowest BCUT2D eigenvalue weighted by molar-refractivity contribution is -0.147. The average molecular weight is 302 g/mol. The van der Waals surface area contributed by atoms with Crippen molar-refractivity contribution in [2.24, 2.45) is 0 Å². The number of alkyl halides is 3. The first-order valence-electron chi connectivity index (χ1n) is 6.23. The van der Waals surface area contributed by atoms with Gasteiger partial charge < -0.3 is 14.4 Å². The molecular weight excluding hydrogens is 289 g/mol. The molecule has 0 saturated heterocycles. The van der Waals surface area contributed by atoms with Crippen molar-refractivity contribution in [3.63, 3.8) is 0 Å². The number of hydrogen-bond acceptors (Lipinski definition) is 3. The molecule has 2 aromatic rings. The van der Waals surface area contributed by atoms with E-state index in [2.05, 4.69) is 4.98 Å². The van der Waals surface area contributed by atoms with E-state index in [-0.39, 0.29) is 29.7 Å². The third-order valence-electron chi connectivity index (χ3n) is 2.91. The minimum atomic E-state index is -4.62. The molecule has 114 valence electrons. The van der Waals surface area contributed by atoms with Gasteiger partial charge in [0.15, 0.2) is 0 Å². The Bertz CT molecular complexity index is 664. The summed E-state index contributed by atoms with van der Waals surface area (Å²) in [7, 11) is 0. The van der Waals surface area contributed by atoms with Gasteiger partial charge in [0, 0.05) is 13.2 Å². The second-order valence-electron chi connectivity index (χ2n) is 4.29. The van der Waals surface area contributed by atoms with Gasteiger partial charge in [0.2, 0.25) is 5.82 Å². The summed E-state index contributed by atoms with van der Waals surface area (Å²) in [5.74, 6) is -2.27. The molecule has 2 rings (SSSR count). The molecule has 0 aliphatic heterocycles. The van der Waals surface area contributed by atoms with Crippen LogP contribution < -0.4 is 0 Å². The maximum atomic E-state index is 13.0. The topological polar surface area (TPSA) is 64.4 Å². The van der Waals surface area contributed by atoms with Crippen molar-refractivity contribution in [1.29, 1.82) is 0 Å². The molecule has 0 saturated carbocycles. The van der Waals surface area contributed by atoms with E-state index in [1.54, 1.807) is 6.92 Å². The van der Waals surface area contributed by atoms with E-state index in [4.69, 9.17) is 9.84 Å². The number of halogens is 3. The third kappa shape index (κ3) is 3.15. The first kappa shape index (κ1) is 15.3. The molecule has 21 heavy (non-hydrogen) atoms. The van der Waals surface area contributed by atoms with Gasteiger partial charge in [-0.2, -0.15) is 13.2 Å². The number of nitrogens with zero attached hydrogens (tertiary/aromatic N) is 2. The van der Waals surface area contributed by atoms with Crippen LogP contribution in [0.5, 0.6) is 0 Å². The van der Waals surface area contributed by atoms with Gasteiger partial charge in [0.25, 0.3) is 0 Å². The molecule has 0 unspecified atom stereocenters. The van der Waals surface area contributed by atoms with Gasteiger partial charge in [-0.05, 0) is 25.1 Å². The van der Waals surface area contributed by atoms with Crippen molar-refractivity contribution in [2.75, 3.05) is 13.2 Å². The van der Waals surface area contributed by atoms with Crippen molar-refractivity contribution in [3.8, 4) is 0 Å². The molecule has 0 radical (unpaired) electrons. The first-order chi connectivity index (χ1) is 9.84. The Balaban J connectivity index is 2.53. The minimum Gasteiger partial charge on any atom is -0.478 e. The van der Waals surface area contributed by atoms with Crippen LogP contribution in [0.3, 0.4) is 0 Å². The van der Waals surface area contributed by atoms with Crippen LogP contribution in [-0.4, -0.2) is 33.8 Å². The van der Waals surface area contributed by atoms with Crippen LogP contribution in [0.25, 0.3) is 11.0 Å². The molecule has 8 heteroatoms. The van der Waals surface area contributed by atoms with Crippen molar-refractivity contribution >= 4 is 17.0 Å². The Morgan fingerprint density at radius 3 is 2.71 bits per heavy atom. The summed E-state index contributed by atoms with van der Waals surface area (Å²) in [5, 5.41) is 8.88. The summed E-state index contributed by atoms with van der Waals surface area (Å²) < 4.78 is 45.1. The van der Waals surface area contributed by atoms with E-state index in [9.17, 15) is 18.0 Å². The SMILES string of the molecule is CCOCCn1c(C(F)(F)F)nc2cc(C(=O)O)ccc21. The quantitative estimate of drug-likeness (QED) is 0.863. The van der Waals surface area contributed by atoms with E-state index in [0.717, 1.165) is 10.6 Å². The molecule has 0 amide bonds. The highest BCUT2D eigenvalue weighted by atomic mass is 19.4. The second kappa shape index (κ2) is 5.72. The molecule has 0 fully saturated rings. The maximum Gasteiger partial charge on any atom is 0.449 e. The summed E-state index contributed by atoms with van der Waals surface area (Å²) in [6.07, 6.45) is -4.62. The van der Waals surface area contributed by atoms with Crippen LogP contribution in [0.2, 0.25) is 0 Å². The number of ether oxygens (including phenoxy) is 1. The maximum absolute atomic E-state index is 13.0. The number of hydrogen-bond donors (Lipinski definition) is 1. The molecule has 1 aromatic heterocycles. The molecule has 0 atom stereocenters. The van der Waals surface area contributed by atoms with Gasteiger partial charge in [-0.15, -0.1) is 0 Å². The second-order valence-corrected chi connectivity index (χ2v) is 4.29. The summed E-state index contributed by atoms with van der Waals surface area (Å²) >= 11 is 0. The lowest BCUT2D eigenvalue weighted by atomic mass is 10.2. The van der Waals surface area contributed by atoms with Gasteiger partial charge in [-0.3, -0.25) is 0 Å². The zero-order chi connectivity index (χ0) is 15.6. The highest BCUT2D eigenvalue weighted by Gasteiger charge is 2.37. The zero-order valence-electron chi connectivity index (χ0n) is 11.1. The first-order valence-corrected chi connectivity index (χ1v) is 6.23. The molecule has 0 spiro atoms. The number of rotatable bonds is 5. The van der Waals surface area contributed by atoms with E-state index < -0.39 is 18.0 Å². The molecule has 1 aromatic carbocycles. The number of benzene rings is 1. The van der Waals surface area contributed by atoms with Crippen LogP contribution in [-0.2, 0) is 17.5 Å². The Kier molecular flexibility index (Phi) is 4.17. The van der Waals surface area contributed by atoms with Crippen molar-refractivity contribution in [1.82, 2.24) is 9.55 Å². The predicted molar refractivity (Wildman–Crippen MR) is 68.2 cm³/mol. The predicted octanol–water partition coefficient (Wildman–Crippen LogP) is 2.79. The van der Waals surface area contributed by atoms with Gasteiger partial charge in [0.05, 0.1) is 23.2 Å². The van der Waals surface area contributed by atoms with Crippen LogP contribution >= 0.6 is 0 Å². The van der Waals surface area contributed by atoms with Crippen LogP contribution in [0, 0.1) is 0 Å². The highest BCUT2D eigenvalue weighted by molar-refractivity contribution is 5.92. The summed E-state index contributed by atoms with van der Waals surface area (Å²) in [6, 6.07) is 3.71. The average Bonchev–Trinajstić information content (AvgIpc) is 2.77. The normalized spacial score (nSPS) is 12.0. The smallest absolute Gasteiger partial charge is 0.449 e. The van der Waals surface area contributed by atoms with Crippen LogP contribution in [0.1, 0.15) is 23.1 Å². The number of aromatic nitrogens is 2. The summed E-state index contributed by atoms with van der Waals surface area (Å²) in [5.41, 5.74) is 0.122. The van der Waals surface area contributed by atoms with E-state index in [0.29, 0.717) is 6.61 Å². The largest absolute Gasteiger partial charge is 0.478 e.